The Bertz CT molecular complexity index is 876. The van der Waals surface area contributed by atoms with Crippen LogP contribution in [0.1, 0.15) is 34.2 Å². The molecular weight excluding hydrogens is 333 g/mol. The molecule has 3 rings (SSSR count). The third kappa shape index (κ3) is 3.48. The molecule has 1 aromatic carbocycles. The molecule has 6 nitrogen and oxygen atoms in total. The van der Waals surface area contributed by atoms with E-state index in [0.29, 0.717) is 12.0 Å². The third-order valence-electron chi connectivity index (χ3n) is 4.11. The van der Waals surface area contributed by atoms with Gasteiger partial charge in [-0.15, -0.1) is 0 Å². The van der Waals surface area contributed by atoms with Crippen LogP contribution in [0.5, 0.6) is 0 Å². The predicted octanol–water partition coefficient (Wildman–Crippen LogP) is 1.62. The second kappa shape index (κ2) is 6.35. The third-order valence-corrected chi connectivity index (χ3v) is 5.86. The summed E-state index contributed by atoms with van der Waals surface area (Å²) in [7, 11) is -3.03. The first-order valence-electron chi connectivity index (χ1n) is 7.64. The molecule has 0 spiro atoms. The molecule has 1 aliphatic heterocycles. The van der Waals surface area contributed by atoms with Gasteiger partial charge >= 0.3 is 0 Å². The summed E-state index contributed by atoms with van der Waals surface area (Å²) < 4.78 is 38.4. The lowest BCUT2D eigenvalue weighted by Gasteiger charge is -2.10. The number of halogens is 1. The van der Waals surface area contributed by atoms with Gasteiger partial charge in [0.2, 0.25) is 0 Å². The Labute approximate surface area is 139 Å². The molecule has 0 radical (unpaired) electrons. The minimum Gasteiger partial charge on any atom is -0.346 e. The summed E-state index contributed by atoms with van der Waals surface area (Å²) in [5.74, 6) is -0.603. The fraction of sp³-hybridized carbons (Fsp3) is 0.375. The average molecular weight is 351 g/mol. The minimum absolute atomic E-state index is 0.0474. The van der Waals surface area contributed by atoms with Gasteiger partial charge in [-0.05, 0) is 25.5 Å². The molecule has 1 unspecified atom stereocenters. The van der Waals surface area contributed by atoms with Crippen molar-refractivity contribution in [1.82, 2.24) is 15.1 Å². The highest BCUT2D eigenvalue weighted by Gasteiger charge is 2.31. The van der Waals surface area contributed by atoms with Crippen LogP contribution in [0.2, 0.25) is 0 Å². The Hall–Kier alpha value is -2.22. The number of aromatic nitrogens is 2. The monoisotopic (exact) mass is 351 g/mol. The highest BCUT2D eigenvalue weighted by molar-refractivity contribution is 7.91. The first kappa shape index (κ1) is 16.6. The number of nitrogens with one attached hydrogen (secondary N) is 1. The molecule has 1 amide bonds. The van der Waals surface area contributed by atoms with Gasteiger partial charge in [0.1, 0.15) is 11.5 Å². The van der Waals surface area contributed by atoms with Crippen molar-refractivity contribution in [2.75, 3.05) is 11.5 Å². The zero-order chi connectivity index (χ0) is 17.3. The second-order valence-electron chi connectivity index (χ2n) is 5.95. The fourth-order valence-corrected chi connectivity index (χ4v) is 4.54. The number of hydrogen-bond donors (Lipinski definition) is 1. The number of sulfone groups is 1. The Morgan fingerprint density at radius 1 is 1.42 bits per heavy atom. The summed E-state index contributed by atoms with van der Waals surface area (Å²) in [5.41, 5.74) is 1.32. The quantitative estimate of drug-likeness (QED) is 0.908. The standard InChI is InChI=1S/C16H18FN3O3S/c1-11-8-15(19-20(11)13-6-7-24(22,23)10-13)16(21)18-9-12-4-2-3-5-14(12)17/h2-5,8,13H,6-7,9-10H2,1H3,(H,18,21). The van der Waals surface area contributed by atoms with Crippen molar-refractivity contribution >= 4 is 15.7 Å². The number of hydrogen-bond acceptors (Lipinski definition) is 4. The van der Waals surface area contributed by atoms with E-state index in [-0.39, 0.29) is 35.6 Å². The molecule has 1 aliphatic rings. The van der Waals surface area contributed by atoms with Crippen LogP contribution in [-0.4, -0.2) is 35.6 Å². The summed E-state index contributed by atoms with van der Waals surface area (Å²) >= 11 is 0. The van der Waals surface area contributed by atoms with E-state index in [1.54, 1.807) is 35.9 Å². The fourth-order valence-electron chi connectivity index (χ4n) is 2.84. The Kier molecular flexibility index (Phi) is 4.40. The van der Waals surface area contributed by atoms with Gasteiger partial charge in [0, 0.05) is 17.8 Å². The number of carbonyl (C=O) groups excluding carboxylic acids is 1. The second-order valence-corrected chi connectivity index (χ2v) is 8.18. The van der Waals surface area contributed by atoms with Gasteiger partial charge in [-0.3, -0.25) is 9.48 Å². The zero-order valence-electron chi connectivity index (χ0n) is 13.2. The molecule has 8 heteroatoms. The zero-order valence-corrected chi connectivity index (χ0v) is 14.0. The highest BCUT2D eigenvalue weighted by Crippen LogP contribution is 2.24. The topological polar surface area (TPSA) is 81.1 Å². The number of amides is 1. The Morgan fingerprint density at radius 3 is 2.83 bits per heavy atom. The normalized spacial score (nSPS) is 19.3. The van der Waals surface area contributed by atoms with Gasteiger partial charge < -0.3 is 5.32 Å². The van der Waals surface area contributed by atoms with Crippen molar-refractivity contribution in [1.29, 1.82) is 0 Å². The number of nitrogens with zero attached hydrogens (tertiary/aromatic N) is 2. The number of aryl methyl sites for hydroxylation is 1. The van der Waals surface area contributed by atoms with Gasteiger partial charge in [0.25, 0.3) is 5.91 Å². The summed E-state index contributed by atoms with van der Waals surface area (Å²) in [6, 6.07) is 7.60. The van der Waals surface area contributed by atoms with Crippen LogP contribution >= 0.6 is 0 Å². The Morgan fingerprint density at radius 2 is 2.17 bits per heavy atom. The van der Waals surface area contributed by atoms with E-state index in [9.17, 15) is 17.6 Å². The molecule has 1 N–H and O–H groups in total. The van der Waals surface area contributed by atoms with E-state index < -0.39 is 15.7 Å². The molecule has 1 atom stereocenters. The maximum Gasteiger partial charge on any atom is 0.272 e. The van der Waals surface area contributed by atoms with E-state index in [1.807, 2.05) is 0 Å². The van der Waals surface area contributed by atoms with Crippen molar-refractivity contribution in [3.05, 3.63) is 53.1 Å². The van der Waals surface area contributed by atoms with Crippen molar-refractivity contribution in [2.45, 2.75) is 25.9 Å². The van der Waals surface area contributed by atoms with Gasteiger partial charge in [0.05, 0.1) is 17.5 Å². The molecule has 2 aromatic rings. The summed E-state index contributed by atoms with van der Waals surface area (Å²) in [6.45, 7) is 1.85. The van der Waals surface area contributed by atoms with Crippen LogP contribution < -0.4 is 5.32 Å². The van der Waals surface area contributed by atoms with Gasteiger partial charge in [-0.2, -0.15) is 5.10 Å². The van der Waals surface area contributed by atoms with Crippen molar-refractivity contribution in [2.24, 2.45) is 0 Å². The number of rotatable bonds is 4. The molecule has 1 saturated heterocycles. The van der Waals surface area contributed by atoms with E-state index >= 15 is 0 Å². The van der Waals surface area contributed by atoms with Crippen LogP contribution in [0.25, 0.3) is 0 Å². The van der Waals surface area contributed by atoms with Gasteiger partial charge in [-0.1, -0.05) is 18.2 Å². The maximum atomic E-state index is 13.6. The molecule has 24 heavy (non-hydrogen) atoms. The summed E-state index contributed by atoms with van der Waals surface area (Å²) in [6.07, 6.45) is 0.501. The number of benzene rings is 1. The molecule has 0 saturated carbocycles. The van der Waals surface area contributed by atoms with Crippen molar-refractivity contribution in [3.63, 3.8) is 0 Å². The first-order chi connectivity index (χ1) is 11.4. The van der Waals surface area contributed by atoms with Crippen LogP contribution in [-0.2, 0) is 16.4 Å². The van der Waals surface area contributed by atoms with Gasteiger partial charge in [0.15, 0.2) is 9.84 Å². The lowest BCUT2D eigenvalue weighted by molar-refractivity contribution is 0.0944. The van der Waals surface area contributed by atoms with E-state index in [4.69, 9.17) is 0 Å². The summed E-state index contributed by atoms with van der Waals surface area (Å²) in [5, 5.41) is 6.87. The highest BCUT2D eigenvalue weighted by atomic mass is 32.2. The lowest BCUT2D eigenvalue weighted by Crippen LogP contribution is -2.24. The molecule has 0 bridgehead atoms. The van der Waals surface area contributed by atoms with Crippen molar-refractivity contribution in [3.8, 4) is 0 Å². The smallest absolute Gasteiger partial charge is 0.272 e. The molecule has 128 valence electrons. The van der Waals surface area contributed by atoms with Crippen LogP contribution in [0.4, 0.5) is 4.39 Å². The first-order valence-corrected chi connectivity index (χ1v) is 9.46. The van der Waals surface area contributed by atoms with Crippen LogP contribution in [0.3, 0.4) is 0 Å². The minimum atomic E-state index is -3.03. The maximum absolute atomic E-state index is 13.6. The molecule has 1 aromatic heterocycles. The van der Waals surface area contributed by atoms with Crippen LogP contribution in [0.15, 0.2) is 30.3 Å². The molecule has 2 heterocycles. The average Bonchev–Trinajstić information content (AvgIpc) is 3.08. The largest absolute Gasteiger partial charge is 0.346 e. The molecule has 0 aliphatic carbocycles. The molecule has 1 fully saturated rings. The predicted molar refractivity (Wildman–Crippen MR) is 86.8 cm³/mol. The number of carbonyl (C=O) groups is 1. The lowest BCUT2D eigenvalue weighted by atomic mass is 10.2. The van der Waals surface area contributed by atoms with E-state index in [1.165, 1.54) is 6.07 Å². The van der Waals surface area contributed by atoms with E-state index in [0.717, 1.165) is 5.69 Å². The van der Waals surface area contributed by atoms with E-state index in [2.05, 4.69) is 10.4 Å². The summed E-state index contributed by atoms with van der Waals surface area (Å²) in [4.78, 5) is 12.2. The SMILES string of the molecule is Cc1cc(C(=O)NCc2ccccc2F)nn1C1CCS(=O)(=O)C1. The Balaban J connectivity index is 1.70. The van der Waals surface area contributed by atoms with Crippen molar-refractivity contribution < 1.29 is 17.6 Å². The van der Waals surface area contributed by atoms with Crippen LogP contribution in [0, 0.1) is 12.7 Å². The molecular formula is C16H18FN3O3S. The van der Waals surface area contributed by atoms with Gasteiger partial charge in [-0.25, -0.2) is 12.8 Å².